The maximum atomic E-state index is 11.9. The lowest BCUT2D eigenvalue weighted by Crippen LogP contribution is -2.15. The standard InChI is InChI=1S/C11H10BrClN2O3S/c1-7-4-9(14-18-7)6-19(16,17)15-8-2-3-11(13)10(12)5-8/h2-5,15H,6H2,1H3. The lowest BCUT2D eigenvalue weighted by molar-refractivity contribution is 0.392. The third kappa shape index (κ3) is 3.95. The number of aromatic nitrogens is 1. The van der Waals surface area contributed by atoms with Crippen LogP contribution in [0.15, 0.2) is 33.3 Å². The van der Waals surface area contributed by atoms with E-state index in [1.165, 1.54) is 0 Å². The number of sulfonamides is 1. The van der Waals surface area contributed by atoms with Crippen LogP contribution in [-0.4, -0.2) is 13.6 Å². The minimum Gasteiger partial charge on any atom is -0.361 e. The Balaban J connectivity index is 2.14. The molecular formula is C11H10BrClN2O3S. The van der Waals surface area contributed by atoms with Crippen LogP contribution >= 0.6 is 27.5 Å². The highest BCUT2D eigenvalue weighted by atomic mass is 79.9. The predicted molar refractivity (Wildman–Crippen MR) is 76.6 cm³/mol. The Bertz CT molecular complexity index is 700. The fraction of sp³-hybridized carbons (Fsp3) is 0.182. The maximum absolute atomic E-state index is 11.9. The molecule has 0 radical (unpaired) electrons. The quantitative estimate of drug-likeness (QED) is 0.902. The lowest BCUT2D eigenvalue weighted by atomic mass is 10.3. The van der Waals surface area contributed by atoms with Gasteiger partial charge in [0.05, 0.1) is 5.02 Å². The van der Waals surface area contributed by atoms with Crippen LogP contribution < -0.4 is 4.72 Å². The van der Waals surface area contributed by atoms with Gasteiger partial charge in [-0.25, -0.2) is 8.42 Å². The number of halogens is 2. The average molecular weight is 366 g/mol. The molecule has 19 heavy (non-hydrogen) atoms. The number of hydrogen-bond donors (Lipinski definition) is 1. The molecule has 5 nitrogen and oxygen atoms in total. The molecule has 0 unspecified atom stereocenters. The second-order valence-electron chi connectivity index (χ2n) is 3.92. The molecule has 0 saturated carbocycles. The SMILES string of the molecule is Cc1cc(CS(=O)(=O)Nc2ccc(Cl)c(Br)c2)no1. The zero-order valence-electron chi connectivity index (χ0n) is 9.85. The summed E-state index contributed by atoms with van der Waals surface area (Å²) < 4.78 is 31.8. The number of aryl methyl sites for hydroxylation is 1. The summed E-state index contributed by atoms with van der Waals surface area (Å²) in [5.41, 5.74) is 0.787. The van der Waals surface area contributed by atoms with Gasteiger partial charge in [0, 0.05) is 16.2 Å². The average Bonchev–Trinajstić information content (AvgIpc) is 2.68. The lowest BCUT2D eigenvalue weighted by Gasteiger charge is -2.07. The molecule has 0 aliphatic heterocycles. The van der Waals surface area contributed by atoms with Crippen molar-refractivity contribution in [2.75, 3.05) is 4.72 Å². The Morgan fingerprint density at radius 2 is 2.16 bits per heavy atom. The molecule has 0 aliphatic carbocycles. The van der Waals surface area contributed by atoms with E-state index in [-0.39, 0.29) is 5.75 Å². The van der Waals surface area contributed by atoms with Crippen molar-refractivity contribution >= 4 is 43.2 Å². The second kappa shape index (κ2) is 5.52. The molecule has 0 saturated heterocycles. The van der Waals surface area contributed by atoms with Crippen molar-refractivity contribution in [3.8, 4) is 0 Å². The first-order valence-corrected chi connectivity index (χ1v) is 8.06. The molecule has 0 fully saturated rings. The summed E-state index contributed by atoms with van der Waals surface area (Å²) in [6, 6.07) is 6.35. The number of nitrogens with zero attached hydrogens (tertiary/aromatic N) is 1. The van der Waals surface area contributed by atoms with Gasteiger partial charge in [-0.2, -0.15) is 0 Å². The molecule has 0 amide bonds. The Hall–Kier alpha value is -1.05. The first-order chi connectivity index (χ1) is 8.85. The van der Waals surface area contributed by atoms with Crippen LogP contribution in [0.3, 0.4) is 0 Å². The van der Waals surface area contributed by atoms with E-state index < -0.39 is 10.0 Å². The van der Waals surface area contributed by atoms with Gasteiger partial charge in [-0.1, -0.05) is 16.8 Å². The van der Waals surface area contributed by atoms with E-state index in [4.69, 9.17) is 16.1 Å². The van der Waals surface area contributed by atoms with Crippen molar-refractivity contribution in [1.82, 2.24) is 5.16 Å². The fourth-order valence-electron chi connectivity index (χ4n) is 1.46. The highest BCUT2D eigenvalue weighted by Crippen LogP contribution is 2.26. The normalized spacial score (nSPS) is 11.5. The van der Waals surface area contributed by atoms with Crippen LogP contribution in [0.4, 0.5) is 5.69 Å². The number of anilines is 1. The largest absolute Gasteiger partial charge is 0.361 e. The fourth-order valence-corrected chi connectivity index (χ4v) is 3.04. The Kier molecular flexibility index (Phi) is 4.17. The zero-order chi connectivity index (χ0) is 14.0. The van der Waals surface area contributed by atoms with Crippen molar-refractivity contribution in [3.63, 3.8) is 0 Å². The van der Waals surface area contributed by atoms with Gasteiger partial charge >= 0.3 is 0 Å². The summed E-state index contributed by atoms with van der Waals surface area (Å²) in [6.07, 6.45) is 0. The molecule has 1 aromatic carbocycles. The van der Waals surface area contributed by atoms with E-state index in [2.05, 4.69) is 25.8 Å². The Morgan fingerprint density at radius 1 is 1.42 bits per heavy atom. The monoisotopic (exact) mass is 364 g/mol. The Morgan fingerprint density at radius 3 is 2.74 bits per heavy atom. The van der Waals surface area contributed by atoms with Crippen molar-refractivity contribution in [1.29, 1.82) is 0 Å². The van der Waals surface area contributed by atoms with E-state index in [1.807, 2.05) is 0 Å². The molecule has 0 spiro atoms. The second-order valence-corrected chi connectivity index (χ2v) is 6.90. The first-order valence-electron chi connectivity index (χ1n) is 5.23. The van der Waals surface area contributed by atoms with E-state index >= 15 is 0 Å². The number of rotatable bonds is 4. The number of nitrogens with one attached hydrogen (secondary N) is 1. The minimum absolute atomic E-state index is 0.245. The summed E-state index contributed by atoms with van der Waals surface area (Å²) >= 11 is 9.07. The zero-order valence-corrected chi connectivity index (χ0v) is 13.0. The van der Waals surface area contributed by atoms with Gasteiger partial charge in [-0.05, 0) is 41.1 Å². The van der Waals surface area contributed by atoms with Crippen LogP contribution in [0.1, 0.15) is 11.5 Å². The molecule has 0 aliphatic rings. The molecule has 8 heteroatoms. The molecule has 1 aromatic heterocycles. The molecule has 0 bridgehead atoms. The van der Waals surface area contributed by atoms with E-state index in [0.717, 1.165) is 0 Å². The van der Waals surface area contributed by atoms with Gasteiger partial charge in [-0.15, -0.1) is 0 Å². The van der Waals surface area contributed by atoms with Gasteiger partial charge in [-0.3, -0.25) is 4.72 Å². The highest BCUT2D eigenvalue weighted by molar-refractivity contribution is 9.10. The summed E-state index contributed by atoms with van der Waals surface area (Å²) in [4.78, 5) is 0. The van der Waals surface area contributed by atoms with Crippen LogP contribution in [0.25, 0.3) is 0 Å². The molecule has 102 valence electrons. The van der Waals surface area contributed by atoms with Gasteiger partial charge < -0.3 is 4.52 Å². The number of hydrogen-bond acceptors (Lipinski definition) is 4. The third-order valence-corrected chi connectivity index (χ3v) is 4.64. The van der Waals surface area contributed by atoms with Crippen LogP contribution in [0, 0.1) is 6.92 Å². The molecule has 1 N–H and O–H groups in total. The van der Waals surface area contributed by atoms with E-state index in [0.29, 0.717) is 26.6 Å². The van der Waals surface area contributed by atoms with Gasteiger partial charge in [0.25, 0.3) is 0 Å². The minimum atomic E-state index is -3.54. The van der Waals surface area contributed by atoms with Crippen LogP contribution in [0.2, 0.25) is 5.02 Å². The van der Waals surface area contributed by atoms with Gasteiger partial charge in [0.2, 0.25) is 10.0 Å². The molecule has 2 aromatic rings. The van der Waals surface area contributed by atoms with Crippen molar-refractivity contribution in [2.24, 2.45) is 0 Å². The van der Waals surface area contributed by atoms with Crippen molar-refractivity contribution in [2.45, 2.75) is 12.7 Å². The Labute approximate surface area is 124 Å². The third-order valence-electron chi connectivity index (χ3n) is 2.21. The maximum Gasteiger partial charge on any atom is 0.238 e. The summed E-state index contributed by atoms with van der Waals surface area (Å²) in [5.74, 6) is 0.323. The summed E-state index contributed by atoms with van der Waals surface area (Å²) in [7, 11) is -3.54. The smallest absolute Gasteiger partial charge is 0.238 e. The molecule has 0 atom stereocenters. The molecule has 1 heterocycles. The van der Waals surface area contributed by atoms with Crippen LogP contribution in [0.5, 0.6) is 0 Å². The molecule has 2 rings (SSSR count). The van der Waals surface area contributed by atoms with E-state index in [1.54, 1.807) is 31.2 Å². The van der Waals surface area contributed by atoms with Gasteiger partial charge in [0.15, 0.2) is 0 Å². The number of benzene rings is 1. The highest BCUT2D eigenvalue weighted by Gasteiger charge is 2.15. The van der Waals surface area contributed by atoms with Crippen molar-refractivity contribution in [3.05, 3.63) is 45.2 Å². The van der Waals surface area contributed by atoms with Gasteiger partial charge in [0.1, 0.15) is 17.2 Å². The summed E-state index contributed by atoms with van der Waals surface area (Å²) in [5, 5.41) is 4.16. The molecular weight excluding hydrogens is 356 g/mol. The predicted octanol–water partition coefficient (Wildman–Crippen LogP) is 3.34. The van der Waals surface area contributed by atoms with E-state index in [9.17, 15) is 8.42 Å². The summed E-state index contributed by atoms with van der Waals surface area (Å²) in [6.45, 7) is 1.70. The van der Waals surface area contributed by atoms with Crippen LogP contribution in [-0.2, 0) is 15.8 Å². The topological polar surface area (TPSA) is 72.2 Å². The van der Waals surface area contributed by atoms with Crippen molar-refractivity contribution < 1.29 is 12.9 Å². The first kappa shape index (κ1) is 14.4.